The highest BCUT2D eigenvalue weighted by atomic mass is 16.5. The number of morpholine rings is 1. The van der Waals surface area contributed by atoms with Crippen molar-refractivity contribution < 1.29 is 14.6 Å². The zero-order valence-electron chi connectivity index (χ0n) is 10.7. The van der Waals surface area contributed by atoms with Crippen LogP contribution >= 0.6 is 0 Å². The summed E-state index contributed by atoms with van der Waals surface area (Å²) in [6.45, 7) is 2.30. The highest BCUT2D eigenvalue weighted by Gasteiger charge is 2.22. The number of rotatable bonds is 1. The monoisotopic (exact) mass is 261 g/mol. The van der Waals surface area contributed by atoms with Gasteiger partial charge in [0.05, 0.1) is 29.7 Å². The summed E-state index contributed by atoms with van der Waals surface area (Å²) in [7, 11) is 1.85. The van der Waals surface area contributed by atoms with Gasteiger partial charge in [0.1, 0.15) is 0 Å². The van der Waals surface area contributed by atoms with Crippen molar-refractivity contribution in [3.63, 3.8) is 0 Å². The number of hydrogen-bond acceptors (Lipinski definition) is 4. The second kappa shape index (κ2) is 4.55. The van der Waals surface area contributed by atoms with Gasteiger partial charge in [0, 0.05) is 32.5 Å². The maximum absolute atomic E-state index is 12.5. The molecule has 2 aromatic heterocycles. The second-order valence-corrected chi connectivity index (χ2v) is 4.59. The average Bonchev–Trinajstić information content (AvgIpc) is 2.83. The van der Waals surface area contributed by atoms with Gasteiger partial charge in [-0.05, 0) is 6.07 Å². The number of carbonyl (C=O) groups is 1. The van der Waals surface area contributed by atoms with Gasteiger partial charge in [-0.25, -0.2) is 4.98 Å². The van der Waals surface area contributed by atoms with E-state index in [1.807, 2.05) is 17.8 Å². The molecule has 1 aliphatic heterocycles. The third-order valence-corrected chi connectivity index (χ3v) is 3.41. The van der Waals surface area contributed by atoms with Gasteiger partial charge < -0.3 is 19.3 Å². The Bertz CT molecular complexity index is 629. The van der Waals surface area contributed by atoms with Gasteiger partial charge >= 0.3 is 0 Å². The number of fused-ring (bicyclic) bond motifs is 1. The maximum atomic E-state index is 12.5. The van der Waals surface area contributed by atoms with Crippen LogP contribution in [0.15, 0.2) is 18.5 Å². The first kappa shape index (κ1) is 12.0. The van der Waals surface area contributed by atoms with Crippen molar-refractivity contribution in [3.8, 4) is 5.88 Å². The molecule has 0 aromatic carbocycles. The molecule has 2 aromatic rings. The molecule has 1 saturated heterocycles. The Labute approximate surface area is 110 Å². The van der Waals surface area contributed by atoms with Crippen molar-refractivity contribution in [1.29, 1.82) is 0 Å². The molecule has 3 rings (SSSR count). The van der Waals surface area contributed by atoms with E-state index in [9.17, 15) is 9.90 Å². The molecular formula is C13H15N3O3. The molecule has 1 aliphatic rings. The molecule has 0 spiro atoms. The van der Waals surface area contributed by atoms with Gasteiger partial charge in [-0.15, -0.1) is 0 Å². The highest BCUT2D eigenvalue weighted by Crippen LogP contribution is 2.26. The van der Waals surface area contributed by atoms with E-state index in [2.05, 4.69) is 4.98 Å². The molecule has 0 radical (unpaired) electrons. The number of aromatic nitrogens is 2. The van der Waals surface area contributed by atoms with Gasteiger partial charge in [-0.1, -0.05) is 0 Å². The largest absolute Gasteiger partial charge is 0.493 e. The predicted molar refractivity (Wildman–Crippen MR) is 69.1 cm³/mol. The van der Waals surface area contributed by atoms with E-state index in [1.54, 1.807) is 11.0 Å². The van der Waals surface area contributed by atoms with Crippen LogP contribution in [0, 0.1) is 0 Å². The Hall–Kier alpha value is -2.08. The summed E-state index contributed by atoms with van der Waals surface area (Å²) in [6.07, 6.45) is 3.25. The topological polar surface area (TPSA) is 67.6 Å². The Kier molecular flexibility index (Phi) is 2.87. The van der Waals surface area contributed by atoms with Crippen molar-refractivity contribution in [3.05, 3.63) is 24.0 Å². The standard InChI is InChI=1S/C13H15N3O3/c1-15-3-2-9-11(15)10(8-14-12(9)17)13(18)16-4-6-19-7-5-16/h2-3,8H,4-7H2,1H3,(H,14,17). The van der Waals surface area contributed by atoms with Gasteiger partial charge in [0.2, 0.25) is 5.88 Å². The van der Waals surface area contributed by atoms with Crippen LogP contribution in [0.3, 0.4) is 0 Å². The van der Waals surface area contributed by atoms with Crippen molar-refractivity contribution in [2.75, 3.05) is 26.3 Å². The molecule has 0 bridgehead atoms. The summed E-state index contributed by atoms with van der Waals surface area (Å²) in [6, 6.07) is 1.76. The molecule has 3 heterocycles. The number of amides is 1. The number of nitrogens with zero attached hydrogens (tertiary/aromatic N) is 3. The first-order valence-corrected chi connectivity index (χ1v) is 6.18. The van der Waals surface area contributed by atoms with E-state index >= 15 is 0 Å². The van der Waals surface area contributed by atoms with Gasteiger partial charge in [-0.3, -0.25) is 4.79 Å². The lowest BCUT2D eigenvalue weighted by Crippen LogP contribution is -2.40. The first-order chi connectivity index (χ1) is 9.18. The molecule has 19 heavy (non-hydrogen) atoms. The lowest BCUT2D eigenvalue weighted by Gasteiger charge is -2.27. The minimum atomic E-state index is -0.0670. The summed E-state index contributed by atoms with van der Waals surface area (Å²) >= 11 is 0. The molecule has 0 atom stereocenters. The Morgan fingerprint density at radius 2 is 2.16 bits per heavy atom. The van der Waals surface area contributed by atoms with E-state index in [1.165, 1.54) is 6.20 Å². The molecule has 6 nitrogen and oxygen atoms in total. The molecule has 1 N–H and O–H groups in total. The number of ether oxygens (including phenoxy) is 1. The van der Waals surface area contributed by atoms with E-state index < -0.39 is 0 Å². The fourth-order valence-corrected chi connectivity index (χ4v) is 2.39. The molecule has 0 saturated carbocycles. The minimum Gasteiger partial charge on any atom is -0.493 e. The molecular weight excluding hydrogens is 246 g/mol. The molecule has 1 fully saturated rings. The van der Waals surface area contributed by atoms with Crippen LogP contribution < -0.4 is 0 Å². The summed E-state index contributed by atoms with van der Waals surface area (Å²) in [5.41, 5.74) is 1.23. The van der Waals surface area contributed by atoms with Crippen LogP contribution in [0.4, 0.5) is 0 Å². The molecule has 6 heteroatoms. The van der Waals surface area contributed by atoms with Crippen LogP contribution in [-0.4, -0.2) is 51.8 Å². The molecule has 0 unspecified atom stereocenters. The summed E-state index contributed by atoms with van der Waals surface area (Å²) < 4.78 is 7.07. The average molecular weight is 261 g/mol. The fourth-order valence-electron chi connectivity index (χ4n) is 2.39. The van der Waals surface area contributed by atoms with E-state index in [0.29, 0.717) is 42.8 Å². The first-order valence-electron chi connectivity index (χ1n) is 6.18. The smallest absolute Gasteiger partial charge is 0.257 e. The number of hydrogen-bond donors (Lipinski definition) is 1. The third-order valence-electron chi connectivity index (χ3n) is 3.41. The van der Waals surface area contributed by atoms with Crippen LogP contribution in [0.25, 0.3) is 10.9 Å². The number of aromatic hydroxyl groups is 1. The van der Waals surface area contributed by atoms with Crippen LogP contribution in [0.1, 0.15) is 10.4 Å². The zero-order valence-corrected chi connectivity index (χ0v) is 10.7. The lowest BCUT2D eigenvalue weighted by molar-refractivity contribution is 0.0303. The van der Waals surface area contributed by atoms with Gasteiger partial charge in [0.25, 0.3) is 5.91 Å². The molecule has 100 valence electrons. The molecule has 1 amide bonds. The van der Waals surface area contributed by atoms with E-state index in [-0.39, 0.29) is 11.8 Å². The van der Waals surface area contributed by atoms with E-state index in [4.69, 9.17) is 4.74 Å². The Morgan fingerprint density at radius 3 is 2.89 bits per heavy atom. The SMILES string of the molecule is Cn1ccc2c(O)ncc(C(=O)N3CCOCC3)c21. The Morgan fingerprint density at radius 1 is 1.42 bits per heavy atom. The number of aryl methyl sites for hydroxylation is 1. The van der Waals surface area contributed by atoms with Crippen LogP contribution in [0.5, 0.6) is 5.88 Å². The van der Waals surface area contributed by atoms with Crippen LogP contribution in [-0.2, 0) is 11.8 Å². The number of carbonyl (C=O) groups excluding carboxylic acids is 1. The second-order valence-electron chi connectivity index (χ2n) is 4.59. The quantitative estimate of drug-likeness (QED) is 0.822. The van der Waals surface area contributed by atoms with Gasteiger partial charge in [0.15, 0.2) is 0 Å². The highest BCUT2D eigenvalue weighted by molar-refractivity contribution is 6.06. The predicted octanol–water partition coefficient (Wildman–Crippen LogP) is 0.751. The summed E-state index contributed by atoms with van der Waals surface area (Å²) in [4.78, 5) is 18.2. The fraction of sp³-hybridized carbons (Fsp3) is 0.385. The van der Waals surface area contributed by atoms with Crippen LogP contribution in [0.2, 0.25) is 0 Å². The van der Waals surface area contributed by atoms with Crippen molar-refractivity contribution in [2.24, 2.45) is 7.05 Å². The third kappa shape index (κ3) is 1.94. The number of pyridine rings is 1. The summed E-state index contributed by atoms with van der Waals surface area (Å²) in [5, 5.41) is 10.3. The van der Waals surface area contributed by atoms with E-state index in [0.717, 1.165) is 0 Å². The zero-order chi connectivity index (χ0) is 13.4. The Balaban J connectivity index is 2.07. The van der Waals surface area contributed by atoms with Crippen molar-refractivity contribution in [2.45, 2.75) is 0 Å². The van der Waals surface area contributed by atoms with Gasteiger partial charge in [-0.2, -0.15) is 0 Å². The minimum absolute atomic E-state index is 0.0471. The lowest BCUT2D eigenvalue weighted by atomic mass is 10.1. The maximum Gasteiger partial charge on any atom is 0.257 e. The summed E-state index contributed by atoms with van der Waals surface area (Å²) in [5.74, 6) is -0.114. The van der Waals surface area contributed by atoms with Crippen molar-refractivity contribution in [1.82, 2.24) is 14.5 Å². The van der Waals surface area contributed by atoms with Crippen molar-refractivity contribution >= 4 is 16.8 Å². The normalized spacial score (nSPS) is 15.9. The molecule has 0 aliphatic carbocycles.